The summed E-state index contributed by atoms with van der Waals surface area (Å²) < 4.78 is 37.1. The highest BCUT2D eigenvalue weighted by Crippen LogP contribution is 2.26. The first kappa shape index (κ1) is 13.3. The van der Waals surface area contributed by atoms with Gasteiger partial charge in [-0.25, -0.2) is 15.4 Å². The van der Waals surface area contributed by atoms with Gasteiger partial charge in [0, 0.05) is 12.3 Å². The summed E-state index contributed by atoms with van der Waals surface area (Å²) in [5, 5.41) is 0. The summed E-state index contributed by atoms with van der Waals surface area (Å²) >= 11 is 0. The molecule has 100 valence electrons. The smallest absolute Gasteiger partial charge is 0.270 e. The van der Waals surface area contributed by atoms with E-state index >= 15 is 0 Å². The average Bonchev–Trinajstić information content (AvgIpc) is 2.39. The van der Waals surface area contributed by atoms with Crippen molar-refractivity contribution in [3.8, 4) is 0 Å². The van der Waals surface area contributed by atoms with Gasteiger partial charge < -0.3 is 0 Å². The van der Waals surface area contributed by atoms with E-state index in [2.05, 4.69) is 15.4 Å². The van der Waals surface area contributed by atoms with E-state index in [1.165, 1.54) is 6.07 Å². The minimum Gasteiger partial charge on any atom is -0.270 e. The molecule has 0 unspecified atom stereocenters. The normalized spacial score (nSPS) is 11.3. The highest BCUT2D eigenvalue weighted by molar-refractivity contribution is 5.30. The number of nitrogens with zero attached hydrogens (tertiary/aromatic N) is 2. The van der Waals surface area contributed by atoms with Crippen LogP contribution < -0.4 is 5.48 Å². The van der Waals surface area contributed by atoms with Crippen molar-refractivity contribution in [3.63, 3.8) is 0 Å². The lowest BCUT2D eigenvalue weighted by molar-refractivity contribution is -0.144. The Balaban J connectivity index is 1.93. The predicted molar refractivity (Wildman–Crippen MR) is 61.9 cm³/mol. The second kappa shape index (κ2) is 5.66. The first-order chi connectivity index (χ1) is 9.05. The number of halogens is 3. The van der Waals surface area contributed by atoms with E-state index in [1.807, 2.05) is 30.3 Å². The molecule has 0 radical (unpaired) electrons. The number of nitrogens with one attached hydrogen (secondary N) is 1. The molecule has 0 atom stereocenters. The Morgan fingerprint density at radius 2 is 1.84 bits per heavy atom. The van der Waals surface area contributed by atoms with Crippen LogP contribution in [-0.4, -0.2) is 9.97 Å². The maximum Gasteiger partial charge on any atom is 0.451 e. The Hall–Kier alpha value is -2.15. The van der Waals surface area contributed by atoms with Crippen molar-refractivity contribution in [2.24, 2.45) is 0 Å². The van der Waals surface area contributed by atoms with Gasteiger partial charge in [0.25, 0.3) is 0 Å². The molecule has 4 nitrogen and oxygen atoms in total. The second-order valence-corrected chi connectivity index (χ2v) is 3.64. The van der Waals surface area contributed by atoms with Gasteiger partial charge in [0.15, 0.2) is 5.82 Å². The lowest BCUT2D eigenvalue weighted by atomic mass is 10.2. The topological polar surface area (TPSA) is 47.0 Å². The third-order valence-electron chi connectivity index (χ3n) is 2.17. The highest BCUT2D eigenvalue weighted by Gasteiger charge is 2.34. The molecule has 2 rings (SSSR count). The summed E-state index contributed by atoms with van der Waals surface area (Å²) in [4.78, 5) is 11.5. The number of hydrogen-bond acceptors (Lipinski definition) is 4. The molecule has 1 heterocycles. The summed E-state index contributed by atoms with van der Waals surface area (Å²) in [5.74, 6) is -1.25. The Bertz CT molecular complexity index is 531. The van der Waals surface area contributed by atoms with Crippen LogP contribution in [0.5, 0.6) is 0 Å². The molecule has 0 aliphatic rings. The molecule has 0 bridgehead atoms. The summed E-state index contributed by atoms with van der Waals surface area (Å²) in [7, 11) is 0. The van der Waals surface area contributed by atoms with Gasteiger partial charge in [-0.1, -0.05) is 30.3 Å². The Labute approximate surface area is 107 Å². The van der Waals surface area contributed by atoms with Crippen molar-refractivity contribution >= 4 is 5.82 Å². The van der Waals surface area contributed by atoms with Crippen molar-refractivity contribution < 1.29 is 18.0 Å². The maximum atomic E-state index is 12.4. The quantitative estimate of drug-likeness (QED) is 0.867. The zero-order chi connectivity index (χ0) is 13.7. The van der Waals surface area contributed by atoms with Gasteiger partial charge in [0.1, 0.15) is 0 Å². The third kappa shape index (κ3) is 3.92. The lowest BCUT2D eigenvalue weighted by Crippen LogP contribution is -2.12. The predicted octanol–water partition coefficient (Wildman–Crippen LogP) is 3.04. The van der Waals surface area contributed by atoms with Crippen molar-refractivity contribution in [2.75, 3.05) is 5.48 Å². The van der Waals surface area contributed by atoms with Crippen molar-refractivity contribution in [2.45, 2.75) is 12.8 Å². The molecule has 0 saturated carbocycles. The van der Waals surface area contributed by atoms with Gasteiger partial charge in [-0.2, -0.15) is 13.2 Å². The van der Waals surface area contributed by atoms with E-state index in [9.17, 15) is 13.2 Å². The first-order valence-corrected chi connectivity index (χ1v) is 5.38. The molecule has 0 spiro atoms. The van der Waals surface area contributed by atoms with E-state index in [0.717, 1.165) is 11.8 Å². The monoisotopic (exact) mass is 269 g/mol. The van der Waals surface area contributed by atoms with E-state index in [0.29, 0.717) is 0 Å². The summed E-state index contributed by atoms with van der Waals surface area (Å²) in [6.07, 6.45) is -3.55. The first-order valence-electron chi connectivity index (χ1n) is 5.38. The molecular formula is C12H10F3N3O. The highest BCUT2D eigenvalue weighted by atomic mass is 19.4. The van der Waals surface area contributed by atoms with Crippen LogP contribution in [0.25, 0.3) is 0 Å². The number of benzene rings is 1. The van der Waals surface area contributed by atoms with Gasteiger partial charge in [-0.15, -0.1) is 0 Å². The second-order valence-electron chi connectivity index (χ2n) is 3.64. The van der Waals surface area contributed by atoms with Crippen LogP contribution in [-0.2, 0) is 17.6 Å². The molecule has 0 saturated heterocycles. The molecule has 0 fully saturated rings. The molecular weight excluding hydrogens is 259 g/mol. The van der Waals surface area contributed by atoms with E-state index in [4.69, 9.17) is 4.84 Å². The molecule has 0 amide bonds. The van der Waals surface area contributed by atoms with Gasteiger partial charge in [-0.3, -0.25) is 4.84 Å². The zero-order valence-electron chi connectivity index (χ0n) is 9.69. The fourth-order valence-corrected chi connectivity index (χ4v) is 1.32. The minimum absolute atomic E-state index is 0.0433. The Kier molecular flexibility index (Phi) is 3.96. The van der Waals surface area contributed by atoms with Gasteiger partial charge >= 0.3 is 6.18 Å². The SMILES string of the molecule is FC(F)(F)c1nccc(NOCc2ccccc2)n1. The maximum absolute atomic E-state index is 12.4. The number of alkyl halides is 3. The van der Waals surface area contributed by atoms with Crippen LogP contribution in [0.3, 0.4) is 0 Å². The van der Waals surface area contributed by atoms with E-state index in [-0.39, 0.29) is 12.4 Å². The molecule has 1 N–H and O–H groups in total. The average molecular weight is 269 g/mol. The number of aromatic nitrogens is 2. The van der Waals surface area contributed by atoms with Crippen molar-refractivity contribution in [3.05, 3.63) is 54.0 Å². The molecule has 7 heteroatoms. The van der Waals surface area contributed by atoms with E-state index < -0.39 is 12.0 Å². The third-order valence-corrected chi connectivity index (χ3v) is 2.17. The lowest BCUT2D eigenvalue weighted by Gasteiger charge is -2.08. The van der Waals surface area contributed by atoms with Crippen LogP contribution in [0.15, 0.2) is 42.6 Å². The van der Waals surface area contributed by atoms with E-state index in [1.54, 1.807) is 0 Å². The van der Waals surface area contributed by atoms with Gasteiger partial charge in [0.2, 0.25) is 5.82 Å². The Morgan fingerprint density at radius 1 is 1.11 bits per heavy atom. The minimum atomic E-state index is -4.57. The summed E-state index contributed by atoms with van der Waals surface area (Å²) in [6, 6.07) is 10.5. The van der Waals surface area contributed by atoms with Gasteiger partial charge in [0.05, 0.1) is 6.61 Å². The van der Waals surface area contributed by atoms with Crippen LogP contribution in [0.4, 0.5) is 19.0 Å². The number of hydrogen-bond donors (Lipinski definition) is 1. The fourth-order valence-electron chi connectivity index (χ4n) is 1.32. The molecule has 0 aliphatic carbocycles. The molecule has 0 aliphatic heterocycles. The van der Waals surface area contributed by atoms with Gasteiger partial charge in [-0.05, 0) is 5.56 Å². The van der Waals surface area contributed by atoms with Crippen LogP contribution >= 0.6 is 0 Å². The Morgan fingerprint density at radius 3 is 2.53 bits per heavy atom. The molecule has 2 aromatic rings. The van der Waals surface area contributed by atoms with Crippen LogP contribution in [0.1, 0.15) is 11.4 Å². The molecule has 1 aromatic carbocycles. The summed E-state index contributed by atoms with van der Waals surface area (Å²) in [6.45, 7) is 0.214. The standard InChI is InChI=1S/C12H10F3N3O/c13-12(14,15)11-16-7-6-10(17-11)18-19-8-9-4-2-1-3-5-9/h1-7H,8H2,(H,16,17,18). The zero-order valence-corrected chi connectivity index (χ0v) is 9.69. The number of rotatable bonds is 4. The van der Waals surface area contributed by atoms with Crippen molar-refractivity contribution in [1.29, 1.82) is 0 Å². The van der Waals surface area contributed by atoms with Crippen LogP contribution in [0, 0.1) is 0 Å². The summed E-state index contributed by atoms with van der Waals surface area (Å²) in [5.41, 5.74) is 3.24. The fraction of sp³-hybridized carbons (Fsp3) is 0.167. The number of anilines is 1. The largest absolute Gasteiger partial charge is 0.451 e. The molecule has 19 heavy (non-hydrogen) atoms. The van der Waals surface area contributed by atoms with Crippen LogP contribution in [0.2, 0.25) is 0 Å². The van der Waals surface area contributed by atoms with Crippen molar-refractivity contribution in [1.82, 2.24) is 9.97 Å². The molecule has 1 aromatic heterocycles.